The van der Waals surface area contributed by atoms with Gasteiger partial charge in [-0.1, -0.05) is 31.8 Å². The average molecular weight is 469 g/mol. The summed E-state index contributed by atoms with van der Waals surface area (Å²) in [4.78, 5) is 17.4. The minimum atomic E-state index is -1.22. The first-order valence-corrected chi connectivity index (χ1v) is 15.2. The Labute approximate surface area is 198 Å². The lowest BCUT2D eigenvalue weighted by Gasteiger charge is -2.26. The molecule has 1 aliphatic heterocycles. The first-order chi connectivity index (χ1) is 15.7. The van der Waals surface area contributed by atoms with Gasteiger partial charge in [-0.3, -0.25) is 9.69 Å². The molecule has 3 rings (SSSR count). The Hall–Kier alpha value is -2.44. The van der Waals surface area contributed by atoms with E-state index in [0.29, 0.717) is 12.3 Å². The van der Waals surface area contributed by atoms with Gasteiger partial charge in [0, 0.05) is 60.0 Å². The van der Waals surface area contributed by atoms with Gasteiger partial charge in [0.15, 0.2) is 0 Å². The van der Waals surface area contributed by atoms with E-state index in [1.165, 1.54) is 5.56 Å². The van der Waals surface area contributed by atoms with Crippen molar-refractivity contribution in [2.24, 2.45) is 0 Å². The number of carbonyl (C=O) groups excluding carboxylic acids is 1. The van der Waals surface area contributed by atoms with E-state index in [0.717, 1.165) is 49.8 Å². The van der Waals surface area contributed by atoms with Crippen molar-refractivity contribution in [1.29, 1.82) is 5.26 Å². The summed E-state index contributed by atoms with van der Waals surface area (Å²) in [6.45, 7) is 12.1. The van der Waals surface area contributed by atoms with Gasteiger partial charge in [-0.25, -0.2) is 0 Å². The van der Waals surface area contributed by atoms with Crippen LogP contribution in [-0.4, -0.2) is 75.2 Å². The molecule has 0 radical (unpaired) electrons. The molecule has 0 saturated carbocycles. The van der Waals surface area contributed by atoms with Crippen LogP contribution in [0.4, 0.5) is 0 Å². The van der Waals surface area contributed by atoms with Crippen molar-refractivity contribution in [3.63, 3.8) is 0 Å². The number of fused-ring (bicyclic) bond motifs is 1. The largest absolute Gasteiger partial charge is 0.382 e. The second-order valence-corrected chi connectivity index (χ2v) is 15.7. The van der Waals surface area contributed by atoms with E-state index in [2.05, 4.69) is 48.8 Å². The minimum absolute atomic E-state index is 0.111. The molecule has 33 heavy (non-hydrogen) atoms. The van der Waals surface area contributed by atoms with E-state index in [4.69, 9.17) is 9.47 Å². The normalized spacial score (nSPS) is 15.6. The molecule has 0 spiro atoms. The molecular weight excluding hydrogens is 432 g/mol. The minimum Gasteiger partial charge on any atom is -0.382 e. The lowest BCUT2D eigenvalue weighted by Crippen LogP contribution is -2.35. The first kappa shape index (κ1) is 25.2. The number of nitrogens with zero attached hydrogens (tertiary/aromatic N) is 4. The molecule has 0 aliphatic carbocycles. The number of ketones is 1. The Balaban J connectivity index is 1.93. The van der Waals surface area contributed by atoms with Gasteiger partial charge >= 0.3 is 0 Å². The highest BCUT2D eigenvalue weighted by atomic mass is 28.3. The standard InChI is InChI=1S/C25H36N4O3Si/c1-27(2)18-22(16-26)25(30)24-15-21-7-6-20(17-28-8-10-31-11-9-28)14-23(21)29(24)19-32-12-13-33(3,4)5/h6-7,14-15,18H,8-13,17,19H2,1-5H3. The zero-order valence-corrected chi connectivity index (χ0v) is 21.6. The molecule has 0 unspecified atom stereocenters. The van der Waals surface area contributed by atoms with Crippen molar-refractivity contribution in [1.82, 2.24) is 14.4 Å². The molecule has 178 valence electrons. The van der Waals surface area contributed by atoms with Crippen molar-refractivity contribution in [3.05, 3.63) is 47.3 Å². The fraction of sp³-hybridized carbons (Fsp3) is 0.520. The number of nitriles is 1. The number of rotatable bonds is 10. The highest BCUT2D eigenvalue weighted by molar-refractivity contribution is 6.76. The van der Waals surface area contributed by atoms with E-state index in [1.807, 2.05) is 10.6 Å². The van der Waals surface area contributed by atoms with Crippen LogP contribution in [0.2, 0.25) is 25.7 Å². The fourth-order valence-corrected chi connectivity index (χ4v) is 4.57. The van der Waals surface area contributed by atoms with Crippen molar-refractivity contribution in [2.45, 2.75) is 39.0 Å². The highest BCUT2D eigenvalue weighted by Crippen LogP contribution is 2.25. The zero-order chi connectivity index (χ0) is 24.0. The summed E-state index contributed by atoms with van der Waals surface area (Å²) in [5, 5.41) is 10.6. The summed E-state index contributed by atoms with van der Waals surface area (Å²) in [5.41, 5.74) is 2.74. The lowest BCUT2D eigenvalue weighted by atomic mass is 10.1. The molecule has 1 aromatic carbocycles. The maximum absolute atomic E-state index is 13.3. The molecule has 0 amide bonds. The van der Waals surface area contributed by atoms with E-state index in [1.54, 1.807) is 25.2 Å². The summed E-state index contributed by atoms with van der Waals surface area (Å²) < 4.78 is 13.4. The Morgan fingerprint density at radius 3 is 2.61 bits per heavy atom. The molecule has 1 saturated heterocycles. The van der Waals surface area contributed by atoms with E-state index in [-0.39, 0.29) is 18.1 Å². The summed E-state index contributed by atoms with van der Waals surface area (Å²) in [5.74, 6) is -0.286. The Morgan fingerprint density at radius 2 is 1.97 bits per heavy atom. The number of hydrogen-bond donors (Lipinski definition) is 0. The molecule has 0 bridgehead atoms. The number of allylic oxidation sites excluding steroid dienone is 1. The van der Waals surface area contributed by atoms with Gasteiger partial charge in [0.2, 0.25) is 5.78 Å². The van der Waals surface area contributed by atoms with Gasteiger partial charge in [-0.15, -0.1) is 0 Å². The molecule has 0 atom stereocenters. The van der Waals surface area contributed by atoms with Gasteiger partial charge in [0.1, 0.15) is 18.4 Å². The number of Topliss-reactive ketones (excluding diaryl/α,β-unsaturated/α-hetero) is 1. The predicted molar refractivity (Wildman–Crippen MR) is 134 cm³/mol. The molecule has 8 heteroatoms. The zero-order valence-electron chi connectivity index (χ0n) is 20.6. The maximum atomic E-state index is 13.3. The van der Waals surface area contributed by atoms with Crippen LogP contribution in [0.25, 0.3) is 10.9 Å². The van der Waals surface area contributed by atoms with Crippen LogP contribution >= 0.6 is 0 Å². The quantitative estimate of drug-likeness (QED) is 0.173. The summed E-state index contributed by atoms with van der Waals surface area (Å²) in [7, 11) is 2.39. The summed E-state index contributed by atoms with van der Waals surface area (Å²) in [6.07, 6.45) is 1.57. The third kappa shape index (κ3) is 7.02. The molecule has 1 fully saturated rings. The van der Waals surface area contributed by atoms with Crippen LogP contribution in [0.1, 0.15) is 16.1 Å². The van der Waals surface area contributed by atoms with Crippen LogP contribution < -0.4 is 0 Å². The Kier molecular flexibility index (Phi) is 8.49. The van der Waals surface area contributed by atoms with Gasteiger partial charge < -0.3 is 18.9 Å². The van der Waals surface area contributed by atoms with Gasteiger partial charge in [0.05, 0.1) is 24.4 Å². The molecule has 2 heterocycles. The number of carbonyl (C=O) groups is 1. The predicted octanol–water partition coefficient (Wildman–Crippen LogP) is 3.94. The molecule has 7 nitrogen and oxygen atoms in total. The number of benzene rings is 1. The van der Waals surface area contributed by atoms with Crippen molar-refractivity contribution < 1.29 is 14.3 Å². The van der Waals surface area contributed by atoms with Crippen LogP contribution in [0.15, 0.2) is 36.0 Å². The van der Waals surface area contributed by atoms with Gasteiger partial charge in [-0.05, 0) is 23.7 Å². The van der Waals surface area contributed by atoms with Crippen LogP contribution in [0.5, 0.6) is 0 Å². The van der Waals surface area contributed by atoms with Crippen LogP contribution in [0, 0.1) is 11.3 Å². The number of aromatic nitrogens is 1. The second kappa shape index (κ2) is 11.1. The maximum Gasteiger partial charge on any atom is 0.221 e. The van der Waals surface area contributed by atoms with E-state index in [9.17, 15) is 10.1 Å². The van der Waals surface area contributed by atoms with Crippen molar-refractivity contribution in [2.75, 3.05) is 47.0 Å². The molecule has 1 aliphatic rings. The fourth-order valence-electron chi connectivity index (χ4n) is 3.81. The van der Waals surface area contributed by atoms with E-state index < -0.39 is 8.07 Å². The van der Waals surface area contributed by atoms with Crippen LogP contribution in [-0.2, 0) is 22.7 Å². The average Bonchev–Trinajstić information content (AvgIpc) is 3.12. The molecule has 1 aromatic heterocycles. The Bertz CT molecular complexity index is 1040. The SMILES string of the molecule is CN(C)C=C(C#N)C(=O)c1cc2ccc(CN3CCOCC3)cc2n1COCC[Si](C)(C)C. The lowest BCUT2D eigenvalue weighted by molar-refractivity contribution is 0.0342. The monoisotopic (exact) mass is 468 g/mol. The smallest absolute Gasteiger partial charge is 0.221 e. The van der Waals surface area contributed by atoms with Crippen LogP contribution in [0.3, 0.4) is 0 Å². The van der Waals surface area contributed by atoms with E-state index >= 15 is 0 Å². The van der Waals surface area contributed by atoms with Crippen molar-refractivity contribution >= 4 is 24.8 Å². The number of hydrogen-bond acceptors (Lipinski definition) is 6. The third-order valence-electron chi connectivity index (χ3n) is 5.68. The molecule has 0 N–H and O–H groups in total. The third-order valence-corrected chi connectivity index (χ3v) is 7.38. The first-order valence-electron chi connectivity index (χ1n) is 11.5. The molecule has 2 aromatic rings. The number of morpholine rings is 1. The van der Waals surface area contributed by atoms with Gasteiger partial charge in [0.25, 0.3) is 0 Å². The Morgan fingerprint density at radius 1 is 1.24 bits per heavy atom. The van der Waals surface area contributed by atoms with Crippen molar-refractivity contribution in [3.8, 4) is 6.07 Å². The van der Waals surface area contributed by atoms with Gasteiger partial charge in [-0.2, -0.15) is 5.26 Å². The highest BCUT2D eigenvalue weighted by Gasteiger charge is 2.21. The topological polar surface area (TPSA) is 70.7 Å². The summed E-state index contributed by atoms with van der Waals surface area (Å²) in [6, 6.07) is 11.3. The summed E-state index contributed by atoms with van der Waals surface area (Å²) >= 11 is 0. The second-order valence-electron chi connectivity index (χ2n) is 10.0. The number of ether oxygens (including phenoxy) is 2. The molecular formula is C25H36N4O3Si.